The van der Waals surface area contributed by atoms with Crippen molar-refractivity contribution in [1.82, 2.24) is 29.5 Å². The molecule has 0 atom stereocenters. The summed E-state index contributed by atoms with van der Waals surface area (Å²) >= 11 is 1.76. The van der Waals surface area contributed by atoms with E-state index >= 15 is 0 Å². The number of thiophene rings is 1. The molecule has 8 aromatic carbocycles. The largest absolute Gasteiger partial charge is 0.309 e. The molecule has 280 valence electrons. The fraction of sp³-hybridized carbons (Fsp3) is 0. The zero-order chi connectivity index (χ0) is 45.7. The van der Waals surface area contributed by atoms with Crippen LogP contribution in [0.4, 0.5) is 0 Å². The van der Waals surface area contributed by atoms with Gasteiger partial charge in [0.25, 0.3) is 0 Å². The van der Waals surface area contributed by atoms with Crippen molar-refractivity contribution >= 4 is 64.3 Å². The summed E-state index contributed by atoms with van der Waals surface area (Å²) in [5.74, 6) is 0.934. The highest BCUT2D eigenvalue weighted by Gasteiger charge is 2.21. The van der Waals surface area contributed by atoms with E-state index in [4.69, 9.17) is 23.2 Å². The molecule has 0 N–H and O–H groups in total. The second-order valence-electron chi connectivity index (χ2n) is 14.3. The third kappa shape index (κ3) is 5.59. The number of para-hydroxylation sites is 4. The molecule has 6 nitrogen and oxygen atoms in total. The van der Waals surface area contributed by atoms with Crippen molar-refractivity contribution in [2.45, 2.75) is 0 Å². The molecule has 12 rings (SSSR count). The lowest BCUT2D eigenvalue weighted by molar-refractivity contribution is 1.06. The van der Waals surface area contributed by atoms with E-state index < -0.39 is 12.1 Å². The Labute approximate surface area is 358 Å². The van der Waals surface area contributed by atoms with Crippen LogP contribution in [0.5, 0.6) is 0 Å². The first-order valence-electron chi connectivity index (χ1n) is 22.8. The van der Waals surface area contributed by atoms with Crippen LogP contribution in [-0.2, 0) is 0 Å². The van der Waals surface area contributed by atoms with Crippen LogP contribution in [0.1, 0.15) is 9.60 Å². The van der Waals surface area contributed by atoms with E-state index in [9.17, 15) is 1.37 Å². The smallest absolute Gasteiger partial charge is 0.166 e. The zero-order valence-electron chi connectivity index (χ0n) is 38.5. The number of fused-ring (bicyclic) bond motifs is 7. The Morgan fingerprint density at radius 2 is 1.15 bits per heavy atom. The molecule has 0 bridgehead atoms. The van der Waals surface area contributed by atoms with Gasteiger partial charge in [0.05, 0.1) is 37.3 Å². The zero-order valence-corrected chi connectivity index (χ0v) is 32.3. The van der Waals surface area contributed by atoms with Gasteiger partial charge in [-0.25, -0.2) is 15.0 Å². The van der Waals surface area contributed by atoms with E-state index in [1.165, 1.54) is 21.5 Å². The van der Waals surface area contributed by atoms with Gasteiger partial charge in [0.1, 0.15) is 0 Å². The summed E-state index contributed by atoms with van der Waals surface area (Å²) in [6, 6.07) is 43.4. The highest BCUT2D eigenvalue weighted by molar-refractivity contribution is 7.26. The fourth-order valence-electron chi connectivity index (χ4n) is 8.15. The van der Waals surface area contributed by atoms with Crippen molar-refractivity contribution in [2.75, 3.05) is 0 Å². The lowest BCUT2D eigenvalue weighted by Gasteiger charge is -2.15. The van der Waals surface area contributed by atoms with Gasteiger partial charge in [0.2, 0.25) is 0 Å². The van der Waals surface area contributed by atoms with Crippen molar-refractivity contribution < 1.29 is 9.60 Å². The van der Waals surface area contributed by atoms with Gasteiger partial charge in [0, 0.05) is 60.0 Å². The Morgan fingerprint density at radius 1 is 0.450 bits per heavy atom. The molecule has 0 aliphatic rings. The Hall–Kier alpha value is -7.87. The summed E-state index contributed by atoms with van der Waals surface area (Å²) in [6.45, 7) is 0. The van der Waals surface area contributed by atoms with Gasteiger partial charge in [-0.3, -0.25) is 9.97 Å². The molecule has 0 spiro atoms. The van der Waals surface area contributed by atoms with E-state index in [1.54, 1.807) is 40.4 Å². The summed E-state index contributed by atoms with van der Waals surface area (Å²) in [5.41, 5.74) is 8.04. The van der Waals surface area contributed by atoms with Crippen molar-refractivity contribution in [3.63, 3.8) is 0 Å². The van der Waals surface area contributed by atoms with Crippen LogP contribution < -0.4 is 0 Å². The minimum atomic E-state index is -0.473. The summed E-state index contributed by atoms with van der Waals surface area (Å²) in [5, 5.41) is 2.50. The van der Waals surface area contributed by atoms with Crippen molar-refractivity contribution in [3.8, 4) is 62.1 Å². The molecule has 0 saturated carbocycles. The van der Waals surface area contributed by atoms with Gasteiger partial charge in [-0.2, -0.15) is 0 Å². The summed E-state index contributed by atoms with van der Waals surface area (Å²) in [7, 11) is 0. The molecule has 0 amide bonds. The van der Waals surface area contributed by atoms with E-state index in [0.29, 0.717) is 39.5 Å². The molecule has 0 saturated heterocycles. The number of rotatable bonds is 6. The summed E-state index contributed by atoms with van der Waals surface area (Å²) in [6.07, 6.45) is 3.25. The average molecular weight is 792 g/mol. The minimum absolute atomic E-state index is 0.0527. The average Bonchev–Trinajstić information content (AvgIpc) is 3.94. The maximum absolute atomic E-state index is 9.17. The normalized spacial score (nSPS) is 13.3. The maximum Gasteiger partial charge on any atom is 0.166 e. The highest BCUT2D eigenvalue weighted by atomic mass is 32.1. The highest BCUT2D eigenvalue weighted by Crippen LogP contribution is 2.42. The monoisotopic (exact) mass is 791 g/mol. The van der Waals surface area contributed by atoms with Crippen molar-refractivity contribution in [2.24, 2.45) is 0 Å². The van der Waals surface area contributed by atoms with Crippen molar-refractivity contribution in [1.29, 1.82) is 0 Å². The van der Waals surface area contributed by atoms with Gasteiger partial charge >= 0.3 is 0 Å². The predicted molar refractivity (Wildman–Crippen MR) is 247 cm³/mol. The molecule has 0 aliphatic heterocycles. The van der Waals surface area contributed by atoms with Gasteiger partial charge in [-0.15, -0.1) is 11.3 Å². The first-order valence-corrected chi connectivity index (χ1v) is 20.1. The second kappa shape index (κ2) is 13.9. The maximum atomic E-state index is 9.17. The fourth-order valence-corrected chi connectivity index (χ4v) is 9.37. The lowest BCUT2D eigenvalue weighted by atomic mass is 9.99. The molecule has 4 aromatic heterocycles. The molecule has 7 heteroatoms. The number of nitrogens with zero attached hydrogens (tertiary/aromatic N) is 6. The van der Waals surface area contributed by atoms with Gasteiger partial charge in [-0.05, 0) is 76.8 Å². The Morgan fingerprint density at radius 3 is 2.08 bits per heavy atom. The predicted octanol–water partition coefficient (Wildman–Crippen LogP) is 13.6. The molecule has 12 aromatic rings. The topological polar surface area (TPSA) is 69.4 Å². The molecule has 0 unspecified atom stereocenters. The number of hydrogen-bond donors (Lipinski definition) is 0. The Kier molecular flexibility index (Phi) is 6.42. The van der Waals surface area contributed by atoms with E-state index in [-0.39, 0.29) is 57.8 Å². The van der Waals surface area contributed by atoms with Crippen LogP contribution in [-0.4, -0.2) is 29.5 Å². The van der Waals surface area contributed by atoms with E-state index in [2.05, 4.69) is 82.8 Å². The molecular formula is C53H32N6S. The molecule has 0 radical (unpaired) electrons. The first kappa shape index (κ1) is 27.7. The molecule has 60 heavy (non-hydrogen) atoms. The molecule has 0 fully saturated rings. The van der Waals surface area contributed by atoms with Crippen LogP contribution in [0.15, 0.2) is 194 Å². The van der Waals surface area contributed by atoms with Gasteiger partial charge in [-0.1, -0.05) is 127 Å². The van der Waals surface area contributed by atoms with Crippen LogP contribution in [0.2, 0.25) is 0 Å². The van der Waals surface area contributed by atoms with Crippen molar-refractivity contribution in [3.05, 3.63) is 194 Å². The van der Waals surface area contributed by atoms with Gasteiger partial charge in [0.15, 0.2) is 17.5 Å². The minimum Gasteiger partial charge on any atom is -0.309 e. The summed E-state index contributed by atoms with van der Waals surface area (Å²) < 4.78 is 66.0. The van der Waals surface area contributed by atoms with Gasteiger partial charge < -0.3 is 4.57 Å². The molecule has 0 aliphatic carbocycles. The molecular weight excluding hydrogens is 753 g/mol. The lowest BCUT2D eigenvalue weighted by Crippen LogP contribution is -2.04. The van der Waals surface area contributed by atoms with E-state index in [1.807, 2.05) is 48.5 Å². The molecule has 4 heterocycles. The SMILES string of the molecule is [2H]c1cc([2H])c2c(c1[2H])c1c([2H])c([2H])c([2H])c([2H])c1n2-c1ccccc1-c1nc(-c2cccc(-c3cccc4c3sc3ccc(-c5ccccc5)cc34)c2)nc(-c2cccc3nccnc23)n1. The van der Waals surface area contributed by atoms with Crippen LogP contribution >= 0.6 is 11.3 Å². The van der Waals surface area contributed by atoms with Crippen LogP contribution in [0, 0.1) is 0 Å². The number of benzene rings is 8. The third-order valence-electron chi connectivity index (χ3n) is 10.9. The first-order chi connectivity index (χ1) is 32.6. The quantitative estimate of drug-likeness (QED) is 0.168. The van der Waals surface area contributed by atoms with Crippen LogP contribution in [0.25, 0.3) is 115 Å². The van der Waals surface area contributed by atoms with E-state index in [0.717, 1.165) is 32.5 Å². The summed E-state index contributed by atoms with van der Waals surface area (Å²) in [4.78, 5) is 24.6. The Bertz CT molecular complexity index is 4040. The third-order valence-corrected chi connectivity index (χ3v) is 12.1. The Balaban J connectivity index is 1.09. The van der Waals surface area contributed by atoms with Crippen LogP contribution in [0.3, 0.4) is 0 Å². The number of hydrogen-bond acceptors (Lipinski definition) is 6. The standard InChI is InChI=1S/C53H32N6S/c1-2-13-33(14-3-1)34-27-28-48-43(32-34)40-21-11-20-37(50(40)60-48)35-15-10-16-36(31-35)51-56-52(58-53(57-51)42-22-12-23-44-49(42)55-30-29-54-44)41-19-6-9-26-47(41)59-45-24-7-4-17-38(45)39-18-5-8-25-46(39)59/h1-32H/i4D,5D,7D,17D,18D,24D,25D. The second-order valence-corrected chi connectivity index (χ2v) is 15.4. The number of aromatic nitrogens is 6.